The van der Waals surface area contributed by atoms with E-state index in [1.165, 1.54) is 0 Å². The van der Waals surface area contributed by atoms with Crippen molar-refractivity contribution in [2.75, 3.05) is 0 Å². The fourth-order valence-corrected chi connectivity index (χ4v) is 0.732. The Morgan fingerprint density at radius 1 is 1.18 bits per heavy atom. The van der Waals surface area contributed by atoms with E-state index in [2.05, 4.69) is 0 Å². The molecule has 1 unspecified atom stereocenters. The predicted octanol–water partition coefficient (Wildman–Crippen LogP) is 2.13. The first-order valence-corrected chi connectivity index (χ1v) is 5.76. The van der Waals surface area contributed by atoms with E-state index in [0.717, 1.165) is 5.56 Å². The molecule has 17 heavy (non-hydrogen) atoms. The molecule has 0 aliphatic heterocycles. The van der Waals surface area contributed by atoms with Gasteiger partial charge in [-0.3, -0.25) is 4.55 Å². The molecule has 2 N–H and O–H groups in total. The first kappa shape index (κ1) is 15.9. The molecule has 0 aromatic heterocycles. The Balaban J connectivity index is 0.000000304. The molecule has 0 aliphatic rings. The summed E-state index contributed by atoms with van der Waals surface area (Å²) in [5, 5.41) is 9.02. The van der Waals surface area contributed by atoms with Gasteiger partial charge in [-0.1, -0.05) is 30.3 Å². The van der Waals surface area contributed by atoms with Gasteiger partial charge in [0.15, 0.2) is 0 Å². The summed E-state index contributed by atoms with van der Waals surface area (Å²) in [5.74, 6) is 0. The molecule has 0 spiro atoms. The fraction of sp³-hybridized carbons (Fsp3) is 0.333. The van der Waals surface area contributed by atoms with Crippen molar-refractivity contribution >= 4 is 10.1 Å². The van der Waals surface area contributed by atoms with E-state index in [4.69, 9.17) is 18.1 Å². The lowest BCUT2D eigenvalue weighted by Gasteiger charge is -2.00. The van der Waals surface area contributed by atoms with E-state index in [9.17, 15) is 13.2 Å². The predicted molar refractivity (Wildman–Crippen MR) is 54.7 cm³/mol. The van der Waals surface area contributed by atoms with E-state index in [1.807, 2.05) is 30.3 Å². The quantitative estimate of drug-likeness (QED) is 0.606. The van der Waals surface area contributed by atoms with Gasteiger partial charge in [0.25, 0.3) is 0 Å². The lowest BCUT2D eigenvalue weighted by Crippen LogP contribution is -2.21. The van der Waals surface area contributed by atoms with Crippen molar-refractivity contribution in [3.63, 3.8) is 0 Å². The summed E-state index contributed by atoms with van der Waals surface area (Å²) in [5.41, 5.74) is -4.56. The number of aliphatic hydroxyl groups is 1. The van der Waals surface area contributed by atoms with Crippen molar-refractivity contribution in [1.82, 2.24) is 0 Å². The topological polar surface area (TPSA) is 74.6 Å². The molecule has 1 aromatic rings. The molecule has 1 rings (SSSR count). The zero-order valence-electron chi connectivity index (χ0n) is 8.72. The molecule has 0 radical (unpaired) electrons. The van der Waals surface area contributed by atoms with Gasteiger partial charge >= 0.3 is 15.6 Å². The van der Waals surface area contributed by atoms with Crippen LogP contribution in [-0.4, -0.2) is 23.6 Å². The van der Waals surface area contributed by atoms with Crippen molar-refractivity contribution in [3.8, 4) is 0 Å². The SMILES string of the molecule is CC(O)c1ccccc1.O=S(=O)(O)C(F)(F)F. The number of rotatable bonds is 1. The molecule has 0 fully saturated rings. The standard InChI is InChI=1S/C8H10O.CHF3O3S/c1-7(9)8-5-3-2-4-6-8;2-1(3,4)8(5,6)7/h2-7,9H,1H3;(H,5,6,7). The number of alkyl halides is 3. The number of halogens is 3. The average molecular weight is 272 g/mol. The molecule has 0 saturated carbocycles. The number of hydrogen-bond donors (Lipinski definition) is 2. The molecule has 0 saturated heterocycles. The van der Waals surface area contributed by atoms with Gasteiger partial charge in [0.1, 0.15) is 0 Å². The van der Waals surface area contributed by atoms with Gasteiger partial charge in [-0.15, -0.1) is 0 Å². The Bertz CT molecular complexity index is 425. The van der Waals surface area contributed by atoms with Crippen molar-refractivity contribution in [2.24, 2.45) is 0 Å². The van der Waals surface area contributed by atoms with Gasteiger partial charge in [-0.05, 0) is 12.5 Å². The fourth-order valence-electron chi connectivity index (χ4n) is 0.732. The third-order valence-corrected chi connectivity index (χ3v) is 2.16. The number of benzene rings is 1. The third-order valence-electron chi connectivity index (χ3n) is 1.57. The summed E-state index contributed by atoms with van der Waals surface area (Å²) >= 11 is 0. The second-order valence-electron chi connectivity index (χ2n) is 3.01. The summed E-state index contributed by atoms with van der Waals surface area (Å²) in [6, 6.07) is 9.59. The van der Waals surface area contributed by atoms with E-state index >= 15 is 0 Å². The molecule has 0 amide bonds. The lowest BCUT2D eigenvalue weighted by molar-refractivity contribution is -0.0510. The van der Waals surface area contributed by atoms with Crippen LogP contribution in [0.4, 0.5) is 13.2 Å². The highest BCUT2D eigenvalue weighted by Gasteiger charge is 2.44. The largest absolute Gasteiger partial charge is 0.522 e. The van der Waals surface area contributed by atoms with Gasteiger partial charge in [0, 0.05) is 0 Å². The molecular weight excluding hydrogens is 261 g/mol. The second-order valence-corrected chi connectivity index (χ2v) is 4.42. The Labute approximate surface area is 96.5 Å². The lowest BCUT2D eigenvalue weighted by atomic mass is 10.1. The molecule has 0 aliphatic carbocycles. The Kier molecular flexibility index (Phi) is 5.59. The molecule has 4 nitrogen and oxygen atoms in total. The molecule has 1 aromatic carbocycles. The van der Waals surface area contributed by atoms with Crippen LogP contribution in [0, 0.1) is 0 Å². The maximum atomic E-state index is 10.7. The maximum Gasteiger partial charge on any atom is 0.522 e. The highest BCUT2D eigenvalue weighted by atomic mass is 32.2. The van der Waals surface area contributed by atoms with Crippen molar-refractivity contribution in [2.45, 2.75) is 18.5 Å². The molecular formula is C9H11F3O4S. The minimum Gasteiger partial charge on any atom is -0.389 e. The van der Waals surface area contributed by atoms with Crippen LogP contribution < -0.4 is 0 Å². The van der Waals surface area contributed by atoms with Crippen molar-refractivity contribution in [3.05, 3.63) is 35.9 Å². The van der Waals surface area contributed by atoms with Crippen LogP contribution >= 0.6 is 0 Å². The minimum absolute atomic E-state index is 0.341. The smallest absolute Gasteiger partial charge is 0.389 e. The molecule has 8 heteroatoms. The van der Waals surface area contributed by atoms with E-state index in [1.54, 1.807) is 6.92 Å². The highest BCUT2D eigenvalue weighted by molar-refractivity contribution is 7.86. The summed E-state index contributed by atoms with van der Waals surface area (Å²) in [6.07, 6.45) is -0.341. The first-order valence-electron chi connectivity index (χ1n) is 4.32. The zero-order chi connectivity index (χ0) is 13.7. The minimum atomic E-state index is -5.84. The summed E-state index contributed by atoms with van der Waals surface area (Å²) < 4.78 is 57.5. The number of aliphatic hydroxyl groups excluding tert-OH is 1. The van der Waals surface area contributed by atoms with Crippen LogP contribution in [0.15, 0.2) is 30.3 Å². The average Bonchev–Trinajstić information content (AvgIpc) is 2.17. The van der Waals surface area contributed by atoms with Gasteiger partial charge in [0.2, 0.25) is 0 Å². The Morgan fingerprint density at radius 3 is 1.71 bits per heavy atom. The van der Waals surface area contributed by atoms with Crippen LogP contribution in [0.25, 0.3) is 0 Å². The highest BCUT2D eigenvalue weighted by Crippen LogP contribution is 2.20. The normalized spacial score (nSPS) is 13.5. The summed E-state index contributed by atoms with van der Waals surface area (Å²) in [6.45, 7) is 1.76. The van der Waals surface area contributed by atoms with Gasteiger partial charge < -0.3 is 5.11 Å². The summed E-state index contributed by atoms with van der Waals surface area (Å²) in [7, 11) is -5.84. The second kappa shape index (κ2) is 5.99. The van der Waals surface area contributed by atoms with Gasteiger partial charge in [0.05, 0.1) is 6.10 Å². The van der Waals surface area contributed by atoms with Crippen LogP contribution in [0.2, 0.25) is 0 Å². The van der Waals surface area contributed by atoms with Crippen LogP contribution in [0.3, 0.4) is 0 Å². The molecule has 1 atom stereocenters. The van der Waals surface area contributed by atoms with Crippen molar-refractivity contribution in [1.29, 1.82) is 0 Å². The van der Waals surface area contributed by atoms with E-state index in [-0.39, 0.29) is 6.10 Å². The van der Waals surface area contributed by atoms with Crippen LogP contribution in [0.1, 0.15) is 18.6 Å². The number of hydrogen-bond acceptors (Lipinski definition) is 3. The van der Waals surface area contributed by atoms with E-state index < -0.39 is 15.6 Å². The van der Waals surface area contributed by atoms with Gasteiger partial charge in [-0.25, -0.2) is 0 Å². The molecule has 98 valence electrons. The van der Waals surface area contributed by atoms with Crippen molar-refractivity contribution < 1.29 is 31.2 Å². The first-order chi connectivity index (χ1) is 7.55. The third kappa shape index (κ3) is 6.25. The molecule has 0 bridgehead atoms. The molecule has 0 heterocycles. The Morgan fingerprint density at radius 2 is 1.53 bits per heavy atom. The summed E-state index contributed by atoms with van der Waals surface area (Å²) in [4.78, 5) is 0. The van der Waals surface area contributed by atoms with Gasteiger partial charge in [-0.2, -0.15) is 21.6 Å². The monoisotopic (exact) mass is 272 g/mol. The Hall–Kier alpha value is -1.12. The zero-order valence-corrected chi connectivity index (χ0v) is 9.53. The van der Waals surface area contributed by atoms with E-state index in [0.29, 0.717) is 0 Å². The van der Waals surface area contributed by atoms with Crippen LogP contribution in [-0.2, 0) is 10.1 Å². The maximum absolute atomic E-state index is 10.7. The van der Waals surface area contributed by atoms with Crippen LogP contribution in [0.5, 0.6) is 0 Å².